The van der Waals surface area contributed by atoms with Crippen molar-refractivity contribution >= 4 is 18.3 Å². The zero-order chi connectivity index (χ0) is 17.1. The van der Waals surface area contributed by atoms with Gasteiger partial charge in [0.2, 0.25) is 0 Å². The minimum absolute atomic E-state index is 0.123. The first-order chi connectivity index (χ1) is 11.6. The van der Waals surface area contributed by atoms with E-state index >= 15 is 0 Å². The summed E-state index contributed by atoms with van der Waals surface area (Å²) < 4.78 is 21.8. The van der Waals surface area contributed by atoms with Gasteiger partial charge in [-0.2, -0.15) is 0 Å². The Morgan fingerprint density at radius 1 is 1.21 bits per heavy atom. The number of carbonyl (C=O) groups is 1. The van der Waals surface area contributed by atoms with E-state index in [0.29, 0.717) is 30.3 Å². The summed E-state index contributed by atoms with van der Waals surface area (Å²) in [6, 6.07) is 11.0. The molecule has 0 saturated heterocycles. The van der Waals surface area contributed by atoms with Crippen LogP contribution in [0.15, 0.2) is 36.4 Å². The van der Waals surface area contributed by atoms with Gasteiger partial charge >= 0.3 is 12.9 Å². The molecular weight excluding hydrogens is 307 g/mol. The Bertz CT molecular complexity index is 759. The molecule has 1 aliphatic heterocycles. The number of methoxy groups -OCH3 is 1. The van der Waals surface area contributed by atoms with Gasteiger partial charge in [0.15, 0.2) is 0 Å². The predicted octanol–water partition coefficient (Wildman–Crippen LogP) is 3.02. The van der Waals surface area contributed by atoms with Crippen LogP contribution in [0.4, 0.5) is 0 Å². The Labute approximate surface area is 141 Å². The molecule has 2 aromatic carbocycles. The molecule has 0 spiro atoms. The first kappa shape index (κ1) is 16.4. The van der Waals surface area contributed by atoms with E-state index in [1.807, 2.05) is 25.0 Å². The Balaban J connectivity index is 1.82. The maximum absolute atomic E-state index is 11.9. The highest BCUT2D eigenvalue weighted by atomic mass is 16.5. The number of benzene rings is 2. The second kappa shape index (κ2) is 6.97. The van der Waals surface area contributed by atoms with Gasteiger partial charge in [-0.1, -0.05) is 12.9 Å². The number of hydrogen-bond donors (Lipinski definition) is 0. The third-order valence-electron chi connectivity index (χ3n) is 3.95. The summed E-state index contributed by atoms with van der Waals surface area (Å²) in [4.78, 5) is 11.9. The summed E-state index contributed by atoms with van der Waals surface area (Å²) in [5, 5.41) is 0. The van der Waals surface area contributed by atoms with Crippen molar-refractivity contribution in [3.8, 4) is 17.2 Å². The first-order valence-electron chi connectivity index (χ1n) is 7.89. The number of esters is 1. The molecule has 0 aromatic heterocycles. The highest BCUT2D eigenvalue weighted by Crippen LogP contribution is 2.29. The van der Waals surface area contributed by atoms with Crippen LogP contribution in [0, 0.1) is 0 Å². The summed E-state index contributed by atoms with van der Waals surface area (Å²) in [6.07, 6.45) is 0. The van der Waals surface area contributed by atoms with E-state index in [2.05, 4.69) is 0 Å². The summed E-state index contributed by atoms with van der Waals surface area (Å²) >= 11 is 0. The van der Waals surface area contributed by atoms with E-state index in [9.17, 15) is 4.79 Å². The van der Waals surface area contributed by atoms with E-state index in [4.69, 9.17) is 18.9 Å². The smallest absolute Gasteiger partial charge is 0.341 e. The minimum atomic E-state index is -0.412. The fraction of sp³-hybridized carbons (Fsp3) is 0.278. The molecule has 0 aliphatic carbocycles. The second-order valence-electron chi connectivity index (χ2n) is 5.50. The lowest BCUT2D eigenvalue weighted by Crippen LogP contribution is -2.23. The van der Waals surface area contributed by atoms with E-state index in [0.717, 1.165) is 11.3 Å². The van der Waals surface area contributed by atoms with Crippen molar-refractivity contribution in [2.24, 2.45) is 0 Å². The first-order valence-corrected chi connectivity index (χ1v) is 7.89. The molecule has 0 bridgehead atoms. The largest absolute Gasteiger partial charge is 0.496 e. The van der Waals surface area contributed by atoms with Crippen molar-refractivity contribution in [1.82, 2.24) is 0 Å². The maximum atomic E-state index is 11.9. The van der Waals surface area contributed by atoms with Crippen molar-refractivity contribution in [2.45, 2.75) is 20.4 Å². The van der Waals surface area contributed by atoms with Crippen molar-refractivity contribution in [1.29, 1.82) is 0 Å². The summed E-state index contributed by atoms with van der Waals surface area (Å²) in [7, 11) is 1.51. The number of ether oxygens (including phenoxy) is 3. The van der Waals surface area contributed by atoms with Crippen LogP contribution < -0.4 is 14.9 Å². The summed E-state index contributed by atoms with van der Waals surface area (Å²) in [6.45, 7) is 4.83. The summed E-state index contributed by atoms with van der Waals surface area (Å²) in [5.41, 5.74) is 2.70. The Morgan fingerprint density at radius 2 is 1.96 bits per heavy atom. The molecule has 6 heteroatoms. The van der Waals surface area contributed by atoms with Gasteiger partial charge in [-0.15, -0.1) is 0 Å². The molecule has 0 radical (unpaired) electrons. The van der Waals surface area contributed by atoms with E-state index in [1.54, 1.807) is 25.1 Å². The molecule has 0 fully saturated rings. The van der Waals surface area contributed by atoms with Gasteiger partial charge in [-0.25, -0.2) is 4.79 Å². The molecule has 0 saturated carbocycles. The van der Waals surface area contributed by atoms with Crippen molar-refractivity contribution < 1.29 is 23.7 Å². The van der Waals surface area contributed by atoms with Gasteiger partial charge in [0, 0.05) is 6.07 Å². The third kappa shape index (κ3) is 3.24. The average Bonchev–Trinajstić information content (AvgIpc) is 2.95. The lowest BCUT2D eigenvalue weighted by molar-refractivity contribution is 0.0522. The van der Waals surface area contributed by atoms with E-state index in [-0.39, 0.29) is 6.92 Å². The van der Waals surface area contributed by atoms with Crippen LogP contribution in [-0.2, 0) is 16.0 Å². The number of hydrogen-bond acceptors (Lipinski definition) is 5. The minimum Gasteiger partial charge on any atom is -0.496 e. The molecule has 0 unspecified atom stereocenters. The molecule has 1 heterocycles. The highest BCUT2D eigenvalue weighted by Gasteiger charge is 2.23. The van der Waals surface area contributed by atoms with Crippen LogP contribution in [0.1, 0.15) is 22.8 Å². The molecule has 0 N–H and O–H groups in total. The fourth-order valence-electron chi connectivity index (χ4n) is 2.72. The summed E-state index contributed by atoms with van der Waals surface area (Å²) in [5.74, 6) is 1.32. The second-order valence-corrected chi connectivity index (χ2v) is 5.50. The molecule has 5 nitrogen and oxygen atoms in total. The number of carbonyl (C=O) groups excluding carboxylic acids is 1. The van der Waals surface area contributed by atoms with Gasteiger partial charge in [0.05, 0.1) is 20.3 Å². The predicted molar refractivity (Wildman–Crippen MR) is 91.5 cm³/mol. The quantitative estimate of drug-likeness (QED) is 0.624. The fourth-order valence-corrected chi connectivity index (χ4v) is 2.72. The van der Waals surface area contributed by atoms with E-state index < -0.39 is 5.97 Å². The van der Waals surface area contributed by atoms with Gasteiger partial charge in [-0.3, -0.25) is 0 Å². The standard InChI is InChI=1S/C18H19BO5/c1-4-22-18(20)15-7-5-14(10-17(15)21-3)24-13-6-8-16-12(9-13)11-23-19(16)2/h5-10H,4,11H2,1-3H3. The van der Waals surface area contributed by atoms with Crippen molar-refractivity contribution in [3.63, 3.8) is 0 Å². The lowest BCUT2D eigenvalue weighted by Gasteiger charge is -2.11. The van der Waals surface area contributed by atoms with Crippen LogP contribution in [0.3, 0.4) is 0 Å². The van der Waals surface area contributed by atoms with Gasteiger partial charge in [-0.05, 0) is 42.2 Å². The monoisotopic (exact) mass is 326 g/mol. The van der Waals surface area contributed by atoms with Crippen LogP contribution in [-0.4, -0.2) is 26.6 Å². The van der Waals surface area contributed by atoms with Gasteiger partial charge in [0.25, 0.3) is 0 Å². The van der Waals surface area contributed by atoms with Crippen molar-refractivity contribution in [3.05, 3.63) is 47.5 Å². The maximum Gasteiger partial charge on any atom is 0.341 e. The molecule has 24 heavy (non-hydrogen) atoms. The van der Waals surface area contributed by atoms with Crippen LogP contribution in [0.2, 0.25) is 6.82 Å². The molecule has 1 aliphatic rings. The Morgan fingerprint density at radius 3 is 2.71 bits per heavy atom. The third-order valence-corrected chi connectivity index (χ3v) is 3.95. The number of rotatable bonds is 5. The van der Waals surface area contributed by atoms with Gasteiger partial charge in [0.1, 0.15) is 22.8 Å². The number of fused-ring (bicyclic) bond motifs is 1. The lowest BCUT2D eigenvalue weighted by atomic mass is 9.64. The SMILES string of the molecule is CCOC(=O)c1ccc(Oc2ccc3c(c2)COB3C)cc1OC. The van der Waals surface area contributed by atoms with E-state index in [1.165, 1.54) is 12.6 Å². The average molecular weight is 326 g/mol. The molecule has 2 aromatic rings. The van der Waals surface area contributed by atoms with Crippen LogP contribution in [0.25, 0.3) is 0 Å². The van der Waals surface area contributed by atoms with Crippen molar-refractivity contribution in [2.75, 3.05) is 13.7 Å². The highest BCUT2D eigenvalue weighted by molar-refractivity contribution is 6.67. The molecule has 0 atom stereocenters. The molecule has 124 valence electrons. The molecule has 0 amide bonds. The Hall–Kier alpha value is -2.47. The zero-order valence-electron chi connectivity index (χ0n) is 14.0. The topological polar surface area (TPSA) is 54.0 Å². The van der Waals surface area contributed by atoms with Gasteiger partial charge < -0.3 is 18.9 Å². The Kier molecular flexibility index (Phi) is 4.76. The molecular formula is C18H19BO5. The normalized spacial score (nSPS) is 12.7. The molecule has 3 rings (SSSR count). The zero-order valence-corrected chi connectivity index (χ0v) is 14.0. The van der Waals surface area contributed by atoms with Crippen LogP contribution in [0.5, 0.6) is 17.2 Å². The van der Waals surface area contributed by atoms with Crippen LogP contribution >= 0.6 is 0 Å².